The largest absolute Gasteiger partial charge is 0.748 e. The lowest BCUT2D eigenvalue weighted by Crippen LogP contribution is -1.77. The third kappa shape index (κ3) is 1.95. The predicted octanol–water partition coefficient (Wildman–Crippen LogP) is 1.36. The van der Waals surface area contributed by atoms with Gasteiger partial charge in [0.2, 0.25) is 5.06 Å². The summed E-state index contributed by atoms with van der Waals surface area (Å²) in [7, 11) is -2.56. The average Bonchev–Trinajstić information content (AvgIpc) is 2.13. The molecule has 3 N–H and O–H groups in total. The number of hydrogen-bond donors (Lipinski definition) is 2. The minimum absolute atomic E-state index is 0.362. The van der Waals surface area contributed by atoms with Gasteiger partial charge in [-0.2, -0.15) is 0 Å². The molecule has 1 atom stereocenters. The molecule has 0 bridgehead atoms. The Labute approximate surface area is 62.2 Å². The van der Waals surface area contributed by atoms with Crippen molar-refractivity contribution in [2.24, 2.45) is 0 Å². The lowest BCUT2D eigenvalue weighted by molar-refractivity contribution is 0.415. The quantitative estimate of drug-likeness (QED) is 0.670. The SMILES string of the molecule is Nc1csc(O[P+](=O)O)c1. The van der Waals surface area contributed by atoms with Crippen molar-refractivity contribution in [2.45, 2.75) is 0 Å². The van der Waals surface area contributed by atoms with Gasteiger partial charge in [0.25, 0.3) is 0 Å². The second-order valence-electron chi connectivity index (χ2n) is 1.53. The van der Waals surface area contributed by atoms with E-state index in [2.05, 4.69) is 4.52 Å². The van der Waals surface area contributed by atoms with E-state index in [1.54, 1.807) is 5.38 Å². The number of thiophene rings is 1. The molecule has 0 radical (unpaired) electrons. The minimum atomic E-state index is -2.56. The van der Waals surface area contributed by atoms with Gasteiger partial charge in [-0.1, -0.05) is 11.3 Å². The molecule has 6 heteroatoms. The predicted molar refractivity (Wildman–Crippen MR) is 39.2 cm³/mol. The molecule has 0 aliphatic rings. The molecule has 0 aromatic carbocycles. The van der Waals surface area contributed by atoms with Crippen molar-refractivity contribution in [3.8, 4) is 5.06 Å². The first-order valence-electron chi connectivity index (χ1n) is 2.36. The molecule has 0 fully saturated rings. The Morgan fingerprint density at radius 1 is 1.80 bits per heavy atom. The third-order valence-corrected chi connectivity index (χ3v) is 2.06. The summed E-state index contributed by atoms with van der Waals surface area (Å²) in [4.78, 5) is 8.27. The molecule has 4 nitrogen and oxygen atoms in total. The van der Waals surface area contributed by atoms with Gasteiger partial charge in [0.1, 0.15) is 0 Å². The lowest BCUT2D eigenvalue weighted by Gasteiger charge is -1.77. The Bertz CT molecular complexity index is 248. The van der Waals surface area contributed by atoms with E-state index in [0.717, 1.165) is 0 Å². The number of nitrogen functional groups attached to an aromatic ring is 1. The van der Waals surface area contributed by atoms with Gasteiger partial charge in [-0.25, -0.2) is 4.52 Å². The molecule has 0 aliphatic carbocycles. The Hall–Kier alpha value is -0.640. The standard InChI is InChI=1S/C4H4NO3PS/c5-3-1-4(10-2-3)8-9(6)7/h1-2H,5H2/p+1. The van der Waals surface area contributed by atoms with Crippen LogP contribution in [0.2, 0.25) is 0 Å². The summed E-state index contributed by atoms with van der Waals surface area (Å²) in [5.41, 5.74) is 5.85. The molecule has 0 spiro atoms. The highest BCUT2D eigenvalue weighted by Gasteiger charge is 2.15. The van der Waals surface area contributed by atoms with E-state index in [1.807, 2.05) is 0 Å². The fourth-order valence-corrected chi connectivity index (χ4v) is 1.55. The van der Waals surface area contributed by atoms with Gasteiger partial charge in [0, 0.05) is 21.7 Å². The van der Waals surface area contributed by atoms with Gasteiger partial charge in [0.15, 0.2) is 0 Å². The summed E-state index contributed by atoms with van der Waals surface area (Å²) < 4.78 is 14.5. The average molecular weight is 178 g/mol. The van der Waals surface area contributed by atoms with Gasteiger partial charge < -0.3 is 5.73 Å². The molecule has 0 amide bonds. The van der Waals surface area contributed by atoms with Crippen LogP contribution in [0.4, 0.5) is 5.69 Å². The summed E-state index contributed by atoms with van der Waals surface area (Å²) >= 11 is 1.19. The molecule has 1 rings (SSSR count). The minimum Gasteiger partial charge on any atom is -0.398 e. The van der Waals surface area contributed by atoms with Crippen LogP contribution in [0, 0.1) is 0 Å². The van der Waals surface area contributed by atoms with Crippen molar-refractivity contribution in [2.75, 3.05) is 5.73 Å². The van der Waals surface area contributed by atoms with Crippen molar-refractivity contribution < 1.29 is 14.0 Å². The maximum absolute atomic E-state index is 10.1. The summed E-state index contributed by atoms with van der Waals surface area (Å²) in [5, 5.41) is 2.00. The monoisotopic (exact) mass is 178 g/mol. The van der Waals surface area contributed by atoms with E-state index >= 15 is 0 Å². The molecular weight excluding hydrogens is 173 g/mol. The fraction of sp³-hybridized carbons (Fsp3) is 0. The van der Waals surface area contributed by atoms with Crippen LogP contribution in [-0.2, 0) is 4.57 Å². The van der Waals surface area contributed by atoms with Crippen LogP contribution < -0.4 is 10.3 Å². The van der Waals surface area contributed by atoms with Crippen molar-refractivity contribution in [3.63, 3.8) is 0 Å². The van der Waals surface area contributed by atoms with Crippen molar-refractivity contribution in [1.82, 2.24) is 0 Å². The van der Waals surface area contributed by atoms with E-state index in [4.69, 9.17) is 10.6 Å². The smallest absolute Gasteiger partial charge is 0.398 e. The highest BCUT2D eigenvalue weighted by molar-refractivity contribution is 7.33. The van der Waals surface area contributed by atoms with Crippen LogP contribution in [0.1, 0.15) is 0 Å². The van der Waals surface area contributed by atoms with Gasteiger partial charge in [0.05, 0.1) is 0 Å². The van der Waals surface area contributed by atoms with Crippen molar-refractivity contribution in [1.29, 1.82) is 0 Å². The zero-order chi connectivity index (χ0) is 7.56. The highest BCUT2D eigenvalue weighted by Crippen LogP contribution is 2.30. The second-order valence-corrected chi connectivity index (χ2v) is 3.06. The Kier molecular flexibility index (Phi) is 2.21. The molecular formula is C4H5NO3PS+. The van der Waals surface area contributed by atoms with Crippen LogP contribution in [0.25, 0.3) is 0 Å². The molecule has 0 saturated carbocycles. The molecule has 0 aliphatic heterocycles. The highest BCUT2D eigenvalue weighted by atomic mass is 32.1. The van der Waals surface area contributed by atoms with Gasteiger partial charge in [-0.05, 0) is 0 Å². The van der Waals surface area contributed by atoms with Gasteiger partial charge in [-0.15, -0.1) is 4.89 Å². The molecule has 10 heavy (non-hydrogen) atoms. The van der Waals surface area contributed by atoms with Crippen molar-refractivity contribution in [3.05, 3.63) is 11.4 Å². The zero-order valence-electron chi connectivity index (χ0n) is 4.85. The number of hydrogen-bond acceptors (Lipinski definition) is 4. The van der Waals surface area contributed by atoms with Crippen LogP contribution >= 0.6 is 19.6 Å². The molecule has 1 aromatic rings. The second kappa shape index (κ2) is 2.96. The zero-order valence-corrected chi connectivity index (χ0v) is 6.56. The van der Waals surface area contributed by atoms with E-state index in [-0.39, 0.29) is 0 Å². The molecule has 0 saturated heterocycles. The number of nitrogens with two attached hydrogens (primary N) is 1. The number of anilines is 1. The summed E-state index contributed by atoms with van der Waals surface area (Å²) in [6.07, 6.45) is 0. The first kappa shape index (κ1) is 7.47. The maximum atomic E-state index is 10.1. The Morgan fingerprint density at radius 3 is 2.90 bits per heavy atom. The summed E-state index contributed by atoms with van der Waals surface area (Å²) in [5.74, 6) is 0. The Balaban J connectivity index is 2.67. The van der Waals surface area contributed by atoms with E-state index in [9.17, 15) is 4.57 Å². The Morgan fingerprint density at radius 2 is 2.50 bits per heavy atom. The topological polar surface area (TPSA) is 72.5 Å². The normalized spacial score (nSPS) is 11.1. The lowest BCUT2D eigenvalue weighted by atomic mass is 10.6. The maximum Gasteiger partial charge on any atom is 0.748 e. The first-order valence-corrected chi connectivity index (χ1v) is 4.37. The van der Waals surface area contributed by atoms with E-state index in [1.165, 1.54) is 17.4 Å². The van der Waals surface area contributed by atoms with Crippen molar-refractivity contribution >= 4 is 25.3 Å². The van der Waals surface area contributed by atoms with Crippen LogP contribution in [0.5, 0.6) is 5.06 Å². The molecule has 1 aromatic heterocycles. The van der Waals surface area contributed by atoms with Crippen LogP contribution in [-0.4, -0.2) is 4.89 Å². The fourth-order valence-electron chi connectivity index (χ4n) is 0.455. The molecule has 1 heterocycles. The molecule has 54 valence electrons. The third-order valence-electron chi connectivity index (χ3n) is 0.764. The van der Waals surface area contributed by atoms with E-state index in [0.29, 0.717) is 10.8 Å². The van der Waals surface area contributed by atoms with Crippen LogP contribution in [0.15, 0.2) is 11.4 Å². The summed E-state index contributed by atoms with van der Waals surface area (Å²) in [6.45, 7) is 0. The van der Waals surface area contributed by atoms with Gasteiger partial charge in [-0.3, -0.25) is 0 Å². The first-order chi connectivity index (χ1) is 4.68. The molecule has 1 unspecified atom stereocenters. The summed E-state index contributed by atoms with van der Waals surface area (Å²) in [6, 6.07) is 1.49. The van der Waals surface area contributed by atoms with Crippen LogP contribution in [0.3, 0.4) is 0 Å². The van der Waals surface area contributed by atoms with Gasteiger partial charge >= 0.3 is 8.25 Å². The number of rotatable bonds is 2. The van der Waals surface area contributed by atoms with E-state index < -0.39 is 8.25 Å².